The molecule has 0 aliphatic carbocycles. The van der Waals surface area contributed by atoms with Crippen molar-refractivity contribution in [3.8, 4) is 0 Å². The molecule has 0 saturated carbocycles. The molecule has 1 aromatic rings. The van der Waals surface area contributed by atoms with Gasteiger partial charge < -0.3 is 10.7 Å². The number of nitrogens with zero attached hydrogens (tertiary/aromatic N) is 1. The summed E-state index contributed by atoms with van der Waals surface area (Å²) in [6.45, 7) is 5.88. The highest BCUT2D eigenvalue weighted by Gasteiger charge is 2.08. The average molecular weight is 235 g/mol. The molecule has 1 heterocycles. The molecule has 0 aromatic carbocycles. The summed E-state index contributed by atoms with van der Waals surface area (Å²) in [5.74, 6) is 0.789. The topological polar surface area (TPSA) is 54.2 Å². The van der Waals surface area contributed by atoms with E-state index < -0.39 is 0 Å². The van der Waals surface area contributed by atoms with Gasteiger partial charge in [-0.2, -0.15) is 0 Å². The van der Waals surface area contributed by atoms with E-state index in [2.05, 4.69) is 36.1 Å². The quantitative estimate of drug-likeness (QED) is 0.532. The van der Waals surface area contributed by atoms with Gasteiger partial charge in [-0.15, -0.1) is 12.6 Å². The number of hydrogen-bond donors (Lipinski definition) is 3. The molecule has 1 aromatic heterocycles. The Kier molecular flexibility index (Phi) is 4.92. The number of aromatic nitrogens is 1. The summed E-state index contributed by atoms with van der Waals surface area (Å²) < 4.78 is 0. The van der Waals surface area contributed by atoms with Crippen molar-refractivity contribution in [1.82, 2.24) is 4.98 Å². The second-order valence-corrected chi connectivity index (χ2v) is 3.61. The molecule has 0 bridgehead atoms. The highest BCUT2D eigenvalue weighted by Crippen LogP contribution is 2.26. The molecule has 0 radical (unpaired) electrons. The highest BCUT2D eigenvalue weighted by atomic mass is 32.1. The van der Waals surface area contributed by atoms with Crippen LogP contribution in [0.5, 0.6) is 0 Å². The lowest BCUT2D eigenvalue weighted by Crippen LogP contribution is -1.94. The number of nitrogens with two attached hydrogens (primary N) is 1. The number of nitrogens with one attached hydrogen (secondary N) is 1. The molecule has 86 valence electrons. The van der Waals surface area contributed by atoms with Crippen molar-refractivity contribution in [2.45, 2.75) is 19.8 Å². The van der Waals surface area contributed by atoms with Gasteiger partial charge in [-0.25, -0.2) is 4.99 Å². The van der Waals surface area contributed by atoms with Crippen molar-refractivity contribution < 1.29 is 0 Å². The van der Waals surface area contributed by atoms with Crippen LogP contribution in [0.3, 0.4) is 0 Å². The SMILES string of the molecule is C=Cc1c(/C(N)=C/S)c[nH]c1/N=C\CCC. The molecule has 0 saturated heterocycles. The summed E-state index contributed by atoms with van der Waals surface area (Å²) in [6, 6.07) is 0. The monoisotopic (exact) mass is 235 g/mol. The zero-order valence-electron chi connectivity index (χ0n) is 9.40. The van der Waals surface area contributed by atoms with E-state index in [1.165, 1.54) is 0 Å². The van der Waals surface area contributed by atoms with Gasteiger partial charge in [-0.05, 0) is 11.8 Å². The van der Waals surface area contributed by atoms with Crippen LogP contribution >= 0.6 is 12.6 Å². The van der Waals surface area contributed by atoms with Gasteiger partial charge in [0, 0.05) is 29.2 Å². The number of aromatic amines is 1. The third-order valence-electron chi connectivity index (χ3n) is 2.19. The maximum Gasteiger partial charge on any atom is 0.137 e. The van der Waals surface area contributed by atoms with Crippen LogP contribution in [-0.4, -0.2) is 11.2 Å². The Morgan fingerprint density at radius 2 is 2.44 bits per heavy atom. The number of unbranched alkanes of at least 4 members (excludes halogenated alkanes) is 1. The predicted molar refractivity (Wildman–Crippen MR) is 75.1 cm³/mol. The predicted octanol–water partition coefficient (Wildman–Crippen LogP) is 3.35. The summed E-state index contributed by atoms with van der Waals surface area (Å²) in [4.78, 5) is 7.42. The van der Waals surface area contributed by atoms with Crippen molar-refractivity contribution in [3.63, 3.8) is 0 Å². The standard InChI is InChI=1S/C12H17N3S/c1-3-5-6-14-12-9(4-2)10(7-15-12)11(13)8-16/h4,6-8,15-16H,2-3,5,13H2,1H3/b11-8-,14-6-. The Morgan fingerprint density at radius 1 is 1.69 bits per heavy atom. The van der Waals surface area contributed by atoms with E-state index in [4.69, 9.17) is 5.73 Å². The number of thiol groups is 1. The summed E-state index contributed by atoms with van der Waals surface area (Å²) in [5.41, 5.74) is 8.20. The third-order valence-corrected chi connectivity index (χ3v) is 2.47. The second-order valence-electron chi connectivity index (χ2n) is 3.35. The fourth-order valence-electron chi connectivity index (χ4n) is 1.33. The molecule has 1 rings (SSSR count). The Hall–Kier alpha value is -1.42. The zero-order valence-corrected chi connectivity index (χ0v) is 10.3. The van der Waals surface area contributed by atoms with Crippen LogP contribution < -0.4 is 5.73 Å². The fraction of sp³-hybridized carbons (Fsp3) is 0.250. The lowest BCUT2D eigenvalue weighted by Gasteiger charge is -1.99. The molecule has 0 spiro atoms. The van der Waals surface area contributed by atoms with Crippen LogP contribution in [0.2, 0.25) is 0 Å². The van der Waals surface area contributed by atoms with E-state index in [9.17, 15) is 0 Å². The molecular formula is C12H17N3S. The molecule has 0 fully saturated rings. The van der Waals surface area contributed by atoms with Crippen molar-refractivity contribution in [1.29, 1.82) is 0 Å². The minimum Gasteiger partial charge on any atom is -0.398 e. The van der Waals surface area contributed by atoms with Crippen molar-refractivity contribution in [3.05, 3.63) is 29.3 Å². The summed E-state index contributed by atoms with van der Waals surface area (Å²) in [5, 5.41) is 1.57. The lowest BCUT2D eigenvalue weighted by molar-refractivity contribution is 1.01. The number of aliphatic imine (C=N–C) groups is 1. The Morgan fingerprint density at radius 3 is 3.00 bits per heavy atom. The normalized spacial score (nSPS) is 12.2. The molecular weight excluding hydrogens is 218 g/mol. The van der Waals surface area contributed by atoms with E-state index in [1.807, 2.05) is 12.4 Å². The average Bonchev–Trinajstić information content (AvgIpc) is 2.71. The lowest BCUT2D eigenvalue weighted by atomic mass is 10.1. The van der Waals surface area contributed by atoms with Crippen molar-refractivity contribution in [2.75, 3.05) is 0 Å². The minimum absolute atomic E-state index is 0.603. The number of H-pyrrole nitrogens is 1. The summed E-state index contributed by atoms with van der Waals surface area (Å²) >= 11 is 4.03. The Bertz CT molecular complexity index is 416. The first-order valence-corrected chi connectivity index (χ1v) is 5.72. The first-order valence-electron chi connectivity index (χ1n) is 5.21. The maximum atomic E-state index is 5.80. The van der Waals surface area contributed by atoms with Crippen LogP contribution in [-0.2, 0) is 0 Å². The van der Waals surface area contributed by atoms with Gasteiger partial charge in [0.2, 0.25) is 0 Å². The van der Waals surface area contributed by atoms with Crippen LogP contribution in [0.25, 0.3) is 11.8 Å². The molecule has 0 aliphatic rings. The van der Waals surface area contributed by atoms with Crippen molar-refractivity contribution in [2.24, 2.45) is 10.7 Å². The van der Waals surface area contributed by atoms with E-state index >= 15 is 0 Å². The van der Waals surface area contributed by atoms with Gasteiger partial charge in [-0.1, -0.05) is 26.0 Å². The van der Waals surface area contributed by atoms with Gasteiger partial charge >= 0.3 is 0 Å². The Labute approximate surface area is 102 Å². The van der Waals surface area contributed by atoms with Gasteiger partial charge in [-0.3, -0.25) is 0 Å². The zero-order chi connectivity index (χ0) is 12.0. The first-order chi connectivity index (χ1) is 7.74. The number of rotatable bonds is 5. The van der Waals surface area contributed by atoms with Crippen LogP contribution in [0, 0.1) is 0 Å². The molecule has 0 unspecified atom stereocenters. The first kappa shape index (κ1) is 12.6. The van der Waals surface area contributed by atoms with Crippen LogP contribution in [0.15, 0.2) is 23.2 Å². The molecule has 4 heteroatoms. The summed E-state index contributed by atoms with van der Waals surface area (Å²) in [7, 11) is 0. The molecule has 16 heavy (non-hydrogen) atoms. The Balaban J connectivity index is 3.04. The van der Waals surface area contributed by atoms with Crippen LogP contribution in [0.4, 0.5) is 5.82 Å². The van der Waals surface area contributed by atoms with E-state index in [0.717, 1.165) is 29.8 Å². The molecule has 0 atom stereocenters. The van der Waals surface area contributed by atoms with Gasteiger partial charge in [0.1, 0.15) is 5.82 Å². The van der Waals surface area contributed by atoms with Gasteiger partial charge in [0.05, 0.1) is 0 Å². The maximum absolute atomic E-state index is 5.80. The molecule has 0 aliphatic heterocycles. The fourth-order valence-corrected chi connectivity index (χ4v) is 1.47. The van der Waals surface area contributed by atoms with Crippen LogP contribution in [0.1, 0.15) is 30.9 Å². The summed E-state index contributed by atoms with van der Waals surface area (Å²) in [6.07, 6.45) is 7.50. The van der Waals surface area contributed by atoms with E-state index in [0.29, 0.717) is 5.70 Å². The van der Waals surface area contributed by atoms with Crippen molar-refractivity contribution >= 4 is 36.4 Å². The largest absolute Gasteiger partial charge is 0.398 e. The second kappa shape index (κ2) is 6.23. The van der Waals surface area contributed by atoms with E-state index in [1.54, 1.807) is 11.5 Å². The van der Waals surface area contributed by atoms with E-state index in [-0.39, 0.29) is 0 Å². The highest BCUT2D eigenvalue weighted by molar-refractivity contribution is 7.83. The smallest absolute Gasteiger partial charge is 0.137 e. The van der Waals surface area contributed by atoms with Gasteiger partial charge in [0.25, 0.3) is 0 Å². The number of hydrogen-bond acceptors (Lipinski definition) is 3. The molecule has 3 nitrogen and oxygen atoms in total. The third kappa shape index (κ3) is 2.79. The molecule has 3 N–H and O–H groups in total. The minimum atomic E-state index is 0.603. The molecule has 0 amide bonds. The van der Waals surface area contributed by atoms with Gasteiger partial charge in [0.15, 0.2) is 0 Å².